The van der Waals surface area contributed by atoms with Crippen molar-refractivity contribution < 1.29 is 58.5 Å². The lowest BCUT2D eigenvalue weighted by molar-refractivity contribution is -0.161. The first-order valence-electron chi connectivity index (χ1n) is 23.4. The molecule has 0 spiro atoms. The van der Waals surface area contributed by atoms with Crippen molar-refractivity contribution in [3.63, 3.8) is 0 Å². The fourth-order valence-corrected chi connectivity index (χ4v) is 15.9. The topological polar surface area (TPSA) is 382 Å². The molecule has 31 heteroatoms. The zero-order valence-corrected chi connectivity index (χ0v) is 45.6. The number of aryl methyl sites for hydroxylation is 1. The third-order valence-electron chi connectivity index (χ3n) is 13.0. The summed E-state index contributed by atoms with van der Waals surface area (Å²) < 4.78 is 0.743. The highest BCUT2D eigenvalue weighted by atomic mass is 32.2. The van der Waals surface area contributed by atoms with E-state index in [1.165, 1.54) is 84.1 Å². The summed E-state index contributed by atoms with van der Waals surface area (Å²) in [5, 5.41) is 54.5. The minimum absolute atomic E-state index is 0.0153. The van der Waals surface area contributed by atoms with E-state index >= 15 is 0 Å². The molecule has 0 radical (unpaired) electrons. The lowest BCUT2D eigenvalue weighted by Crippen LogP contribution is -2.71. The molecule has 0 saturated carbocycles. The molecule has 4 aromatic rings. The second-order valence-corrected chi connectivity index (χ2v) is 26.1. The van der Waals surface area contributed by atoms with E-state index in [0.29, 0.717) is 28.2 Å². The van der Waals surface area contributed by atoms with Gasteiger partial charge in [0, 0.05) is 21.0 Å². The molecule has 10 atom stereocenters. The molecular formula is C46H52N14O12S5. The van der Waals surface area contributed by atoms with Gasteiger partial charge in [-0.25, -0.2) is 19.1 Å². The quantitative estimate of drug-likeness (QED) is 0.0574. The zero-order valence-electron chi connectivity index (χ0n) is 41.5. The van der Waals surface area contributed by atoms with Crippen LogP contribution < -0.4 is 27.4 Å². The number of hydrogen-bond donors (Lipinski definition) is 8. The monoisotopic (exact) mass is 1150 g/mol. The minimum atomic E-state index is -1.16. The third kappa shape index (κ3) is 11.5. The summed E-state index contributed by atoms with van der Waals surface area (Å²) in [5.41, 5.74) is 13.8. The Labute approximate surface area is 459 Å². The smallest absolute Gasteiger partial charge is 0.352 e. The van der Waals surface area contributed by atoms with Crippen LogP contribution in [0.1, 0.15) is 55.9 Å². The van der Waals surface area contributed by atoms with Gasteiger partial charge in [-0.05, 0) is 61.7 Å². The van der Waals surface area contributed by atoms with E-state index in [4.69, 9.17) is 11.5 Å². The van der Waals surface area contributed by atoms with Crippen molar-refractivity contribution in [1.82, 2.24) is 61.1 Å². The van der Waals surface area contributed by atoms with Crippen LogP contribution in [0.25, 0.3) is 0 Å². The van der Waals surface area contributed by atoms with Crippen LogP contribution in [0.15, 0.2) is 82.6 Å². The molecule has 6 amide bonds. The SMILES string of the molecule is CC1(C)S[C@@H]2[C@H](NC(=O)[C@H](N)c3ccccc3)C(=O)N2[C@H]1C(=O)O.CC1(C)S[C@@H]2[C@H](NC(=O)[C@H](N)c3ccccc3)C(=O)N2[C@H]1C(=O)O.Cc1nnc(SCC2=C(C(=O)O)N3C(=O)[C@@H](NC(=O)Cn4cnnn4)[C@H]3SC2)s1. The average molecular weight is 1150 g/mol. The van der Waals surface area contributed by atoms with Crippen molar-refractivity contribution in [2.75, 3.05) is 11.5 Å². The van der Waals surface area contributed by atoms with Crippen molar-refractivity contribution >= 4 is 112 Å². The first-order valence-corrected chi connectivity index (χ1v) is 28.0. The van der Waals surface area contributed by atoms with Crippen LogP contribution in [0.2, 0.25) is 0 Å². The molecule has 0 aliphatic carbocycles. The number of rotatable bonds is 15. The summed E-state index contributed by atoms with van der Waals surface area (Å²) >= 11 is 7.01. The first-order chi connectivity index (χ1) is 36.4. The third-order valence-corrected chi connectivity index (χ3v) is 19.5. The molecule has 2 aromatic heterocycles. The van der Waals surface area contributed by atoms with Gasteiger partial charge in [-0.3, -0.25) is 33.7 Å². The summed E-state index contributed by atoms with van der Waals surface area (Å²) in [4.78, 5) is 113. The highest BCUT2D eigenvalue weighted by Gasteiger charge is 2.65. The van der Waals surface area contributed by atoms with Crippen molar-refractivity contribution in [2.45, 2.75) is 113 Å². The molecule has 10 N–H and O–H groups in total. The molecule has 0 unspecified atom stereocenters. The number of carboxylic acids is 3. The van der Waals surface area contributed by atoms with E-state index in [9.17, 15) is 58.5 Å². The fraction of sp³-hybridized carbons (Fsp3) is 0.435. The summed E-state index contributed by atoms with van der Waals surface area (Å²) in [5.74, 6) is -4.90. The van der Waals surface area contributed by atoms with Gasteiger partial charge in [-0.15, -0.1) is 50.6 Å². The fourth-order valence-electron chi connectivity index (χ4n) is 9.30. The van der Waals surface area contributed by atoms with Gasteiger partial charge in [0.15, 0.2) is 4.34 Å². The molecule has 26 nitrogen and oxygen atoms in total. The van der Waals surface area contributed by atoms with E-state index in [1.807, 2.05) is 19.1 Å². The Morgan fingerprint density at radius 1 is 0.727 bits per heavy atom. The van der Waals surface area contributed by atoms with Crippen molar-refractivity contribution in [2.24, 2.45) is 11.5 Å². The average Bonchev–Trinajstić information content (AvgIpc) is 4.24. The number of thioether (sulfide) groups is 4. The van der Waals surface area contributed by atoms with E-state index in [2.05, 4.69) is 41.7 Å². The maximum atomic E-state index is 12.6. The van der Waals surface area contributed by atoms with Gasteiger partial charge in [0.05, 0.1) is 0 Å². The van der Waals surface area contributed by atoms with Gasteiger partial charge in [0.25, 0.3) is 5.91 Å². The summed E-state index contributed by atoms with van der Waals surface area (Å²) in [6.07, 6.45) is 1.29. The summed E-state index contributed by atoms with van der Waals surface area (Å²) in [6.45, 7) is 8.87. The van der Waals surface area contributed by atoms with Gasteiger partial charge in [-0.2, -0.15) is 0 Å². The van der Waals surface area contributed by atoms with Gasteiger partial charge in [-0.1, -0.05) is 83.8 Å². The van der Waals surface area contributed by atoms with E-state index in [0.717, 1.165) is 9.35 Å². The number of amides is 6. The van der Waals surface area contributed by atoms with Crippen molar-refractivity contribution in [3.05, 3.63) is 94.4 Å². The van der Waals surface area contributed by atoms with Gasteiger partial charge in [0.2, 0.25) is 29.5 Å². The predicted octanol–water partition coefficient (Wildman–Crippen LogP) is 0.000120. The van der Waals surface area contributed by atoms with E-state index < -0.39 is 98.7 Å². The molecule has 6 aliphatic rings. The molecule has 8 heterocycles. The number of nitrogens with zero attached hydrogens (tertiary/aromatic N) is 9. The van der Waals surface area contributed by atoms with Gasteiger partial charge in [0.1, 0.15) is 82.0 Å². The predicted molar refractivity (Wildman–Crippen MR) is 281 cm³/mol. The lowest BCUT2D eigenvalue weighted by Gasteiger charge is -2.49. The maximum Gasteiger partial charge on any atom is 0.352 e. The zero-order chi connectivity index (χ0) is 55.8. The highest BCUT2D eigenvalue weighted by Crippen LogP contribution is 2.52. The Balaban J connectivity index is 0.000000154. The summed E-state index contributed by atoms with van der Waals surface area (Å²) in [6, 6.07) is 12.0. The molecule has 5 fully saturated rings. The summed E-state index contributed by atoms with van der Waals surface area (Å²) in [7, 11) is 0. The number of nitrogens with two attached hydrogens (primary N) is 2. The highest BCUT2D eigenvalue weighted by molar-refractivity contribution is 8.02. The molecule has 77 heavy (non-hydrogen) atoms. The maximum absolute atomic E-state index is 12.6. The van der Waals surface area contributed by atoms with Crippen molar-refractivity contribution in [1.29, 1.82) is 0 Å². The number of fused-ring (bicyclic) bond motifs is 3. The minimum Gasteiger partial charge on any atom is -0.480 e. The van der Waals surface area contributed by atoms with Crippen LogP contribution in [-0.2, 0) is 49.7 Å². The Morgan fingerprint density at radius 2 is 1.22 bits per heavy atom. The Morgan fingerprint density at radius 3 is 1.65 bits per heavy atom. The van der Waals surface area contributed by atoms with Crippen LogP contribution in [0.4, 0.5) is 0 Å². The standard InChI is InChI=1S/2C16H19N3O4S.C14H14N8O4S3/c2*1-16(2)11(15(22)23)19-13(21)10(14(19)24-16)18-12(20)9(17)8-6-4-3-5-7-8;1-6-17-18-14(29-6)28-4-7-3-27-12-9(11(24)22(12)10(7)13(25)26)16-8(23)2-21-5-15-19-20-21/h2*3-7,9-11,14H,17H2,1-2H3,(H,18,20)(H,22,23);5,9,12H,2-4H2,1H3,(H,16,23)(H,25,26)/t2*9-,10-,11+,14-;9-,12-/m111/s1. The van der Waals surface area contributed by atoms with Gasteiger partial charge < -0.3 is 52.5 Å². The lowest BCUT2D eigenvalue weighted by atomic mass is 9.95. The number of carboxylic acid groups (broad SMARTS) is 3. The number of carbonyl (C=O) groups is 9. The molecule has 6 aliphatic heterocycles. The van der Waals surface area contributed by atoms with Crippen LogP contribution in [0.5, 0.6) is 0 Å². The number of carbonyl (C=O) groups excluding carboxylic acids is 6. The number of aromatic nitrogens is 6. The van der Waals surface area contributed by atoms with Crippen LogP contribution in [-0.4, -0.2) is 181 Å². The molecule has 408 valence electrons. The molecule has 10 rings (SSSR count). The number of benzene rings is 2. The van der Waals surface area contributed by atoms with Crippen LogP contribution in [0.3, 0.4) is 0 Å². The van der Waals surface area contributed by atoms with Crippen LogP contribution >= 0.6 is 58.4 Å². The number of hydrogen-bond acceptors (Lipinski definition) is 21. The number of nitrogens with one attached hydrogen (secondary N) is 3. The van der Waals surface area contributed by atoms with E-state index in [-0.39, 0.29) is 34.8 Å². The molecule has 5 saturated heterocycles. The second-order valence-electron chi connectivity index (χ2n) is 19.0. The Hall–Kier alpha value is -6.64. The Kier molecular flexibility index (Phi) is 16.7. The molecular weight excluding hydrogens is 1100 g/mol. The number of aliphatic carboxylic acids is 3. The second kappa shape index (κ2) is 22.8. The number of β-lactam (4-membered cyclic amide) rings is 3. The van der Waals surface area contributed by atoms with Gasteiger partial charge >= 0.3 is 17.9 Å². The van der Waals surface area contributed by atoms with E-state index in [1.54, 1.807) is 76.2 Å². The first kappa shape index (κ1) is 56.6. The molecule has 0 bridgehead atoms. The molecule has 2 aromatic carbocycles. The van der Waals surface area contributed by atoms with Crippen LogP contribution in [0, 0.1) is 6.92 Å². The Bertz CT molecular complexity index is 2890. The largest absolute Gasteiger partial charge is 0.480 e. The van der Waals surface area contributed by atoms with Crippen molar-refractivity contribution in [3.8, 4) is 0 Å². The number of tetrazole rings is 1. The normalized spacial score (nSPS) is 25.8.